The number of hydrogen-bond donors (Lipinski definition) is 17. The average molecular weight is 1630 g/mol. The van der Waals surface area contributed by atoms with Gasteiger partial charge in [-0.25, -0.2) is 0 Å². The van der Waals surface area contributed by atoms with Crippen molar-refractivity contribution in [2.45, 2.75) is 228 Å². The molecular weight excluding hydrogens is 1510 g/mol. The summed E-state index contributed by atoms with van der Waals surface area (Å²) in [6.45, 7) is 21.0. The lowest BCUT2D eigenvalue weighted by Gasteiger charge is -2.31. The van der Waals surface area contributed by atoms with E-state index in [9.17, 15) is 72.5 Å². The van der Waals surface area contributed by atoms with Crippen LogP contribution in [0, 0.1) is 29.6 Å². The summed E-state index contributed by atoms with van der Waals surface area (Å²) in [4.78, 5) is 176. The van der Waals surface area contributed by atoms with Gasteiger partial charge in [-0.3, -0.25) is 67.3 Å². The second kappa shape index (κ2) is 51.9. The van der Waals surface area contributed by atoms with Gasteiger partial charge in [-0.05, 0) is 107 Å². The van der Waals surface area contributed by atoms with Crippen molar-refractivity contribution in [3.63, 3.8) is 0 Å². The molecule has 0 radical (unpaired) electrons. The number of rotatable bonds is 53. The minimum Gasteiger partial charge on any atom is -0.390 e. The Hall–Kier alpha value is -10.9. The van der Waals surface area contributed by atoms with E-state index < -0.39 is 145 Å². The lowest BCUT2D eigenvalue weighted by molar-refractivity contribution is -0.136. The highest BCUT2D eigenvalue weighted by Gasteiger charge is 2.36. The van der Waals surface area contributed by atoms with Gasteiger partial charge in [0.25, 0.3) is 0 Å². The fraction of sp³-hybridized carbons (Fsp3) is 0.548. The maximum absolute atomic E-state index is 14.2. The zero-order valence-corrected chi connectivity index (χ0v) is 69.7. The number of aliphatic hydroxyl groups excluding tert-OH is 2. The van der Waals surface area contributed by atoms with Gasteiger partial charge in [0.15, 0.2) is 5.96 Å². The summed E-state index contributed by atoms with van der Waals surface area (Å²) >= 11 is 0. The molecule has 33 nitrogen and oxygen atoms in total. The highest BCUT2D eigenvalue weighted by molar-refractivity contribution is 5.95. The molecule has 0 aliphatic heterocycles. The first kappa shape index (κ1) is 98.5. The first-order valence-corrected chi connectivity index (χ1v) is 40.0. The van der Waals surface area contributed by atoms with Gasteiger partial charge < -0.3 is 101 Å². The fourth-order valence-corrected chi connectivity index (χ4v) is 12.7. The van der Waals surface area contributed by atoms with E-state index in [-0.39, 0.29) is 139 Å². The lowest BCUT2D eigenvalue weighted by Crippen LogP contribution is -2.61. The van der Waals surface area contributed by atoms with Crippen molar-refractivity contribution >= 4 is 82.8 Å². The minimum absolute atomic E-state index is 0.00274. The van der Waals surface area contributed by atoms with Crippen molar-refractivity contribution in [1.82, 2.24) is 63.8 Å². The Morgan fingerprint density at radius 3 is 1.15 bits per heavy atom. The zero-order valence-electron chi connectivity index (χ0n) is 69.7. The van der Waals surface area contributed by atoms with Crippen LogP contribution in [-0.4, -0.2) is 187 Å². The van der Waals surface area contributed by atoms with Gasteiger partial charge in [0.05, 0.1) is 82.6 Å². The van der Waals surface area contributed by atoms with E-state index in [0.29, 0.717) is 29.5 Å². The number of nitrogens with one attached hydrogen (secondary N) is 12. The number of ether oxygens (including phenoxy) is 2. The van der Waals surface area contributed by atoms with Crippen LogP contribution in [0.2, 0.25) is 0 Å². The molecule has 4 rings (SSSR count). The number of benzene rings is 4. The molecule has 0 unspecified atom stereocenters. The van der Waals surface area contributed by atoms with E-state index in [2.05, 4.69) is 68.8 Å². The quantitative estimate of drug-likeness (QED) is 0.0167. The third kappa shape index (κ3) is 38.2. The summed E-state index contributed by atoms with van der Waals surface area (Å²) in [5, 5.41) is 56.4. The molecule has 0 bridgehead atoms. The van der Waals surface area contributed by atoms with Crippen LogP contribution in [0.25, 0.3) is 0 Å². The van der Waals surface area contributed by atoms with Crippen molar-refractivity contribution in [3.8, 4) is 0 Å². The van der Waals surface area contributed by atoms with Gasteiger partial charge in [0, 0.05) is 46.2 Å². The SMILES string of the molecule is CC(=O)N[C@H](CCCN=C(N)N)C(=O)NCCOCCOCC(=O)N[C@H](C(=O)N[C@H](C(=O)N[C@H](C(=O)N[C@@H](CC(C)C)[C@@H](O)CC(=O)N[C@@H](C)C(=O)N[C@@H](CC(C)C)[C@@H](O)CC(=O)NCc1ccccc1CC(=O)NCc1ccccc1CC(=O)NCc1ccccc1CC(=O)NCc1ccccc1CC(N)=O)C(C)C)C(C)C)C(C)C. The molecule has 644 valence electrons. The van der Waals surface area contributed by atoms with Gasteiger partial charge in [-0.15, -0.1) is 0 Å². The third-order valence-corrected chi connectivity index (χ3v) is 18.9. The van der Waals surface area contributed by atoms with Crippen LogP contribution in [0.4, 0.5) is 0 Å². The number of hydrogen-bond acceptors (Lipinski definition) is 18. The Labute approximate surface area is 686 Å². The van der Waals surface area contributed by atoms with Gasteiger partial charge in [0.1, 0.15) is 36.8 Å². The minimum atomic E-state index is -1.48. The number of nitrogens with zero attached hydrogens (tertiary/aromatic N) is 1. The van der Waals surface area contributed by atoms with Crippen molar-refractivity contribution in [1.29, 1.82) is 0 Å². The summed E-state index contributed by atoms with van der Waals surface area (Å²) in [7, 11) is 0. The van der Waals surface area contributed by atoms with Gasteiger partial charge in [0.2, 0.25) is 76.8 Å². The molecule has 4 aromatic carbocycles. The summed E-state index contributed by atoms with van der Waals surface area (Å²) in [6.07, 6.45) is -2.56. The normalized spacial score (nSPS) is 13.6. The fourth-order valence-electron chi connectivity index (χ4n) is 12.7. The largest absolute Gasteiger partial charge is 0.390 e. The van der Waals surface area contributed by atoms with Crippen LogP contribution in [0.3, 0.4) is 0 Å². The Kier molecular flexibility index (Phi) is 43.7. The Morgan fingerprint density at radius 1 is 0.393 bits per heavy atom. The van der Waals surface area contributed by atoms with E-state index in [1.54, 1.807) is 84.0 Å². The molecule has 13 amide bonds. The van der Waals surface area contributed by atoms with E-state index >= 15 is 0 Å². The maximum Gasteiger partial charge on any atom is 0.246 e. The molecule has 0 heterocycles. The number of aliphatic imine (C=N–C) groups is 1. The van der Waals surface area contributed by atoms with Crippen LogP contribution in [0.5, 0.6) is 0 Å². The van der Waals surface area contributed by atoms with Gasteiger partial charge in [-0.2, -0.15) is 0 Å². The molecule has 4 aromatic rings. The summed E-state index contributed by atoms with van der Waals surface area (Å²) in [5.74, 6) is -8.50. The lowest BCUT2D eigenvalue weighted by atomic mass is 9.95. The molecule has 0 saturated carbocycles. The predicted octanol–water partition coefficient (Wildman–Crippen LogP) is 1.11. The summed E-state index contributed by atoms with van der Waals surface area (Å²) < 4.78 is 11.0. The second-order valence-electron chi connectivity index (χ2n) is 31.1. The molecular formula is C84H126N16O17. The molecule has 0 spiro atoms. The van der Waals surface area contributed by atoms with Crippen molar-refractivity contribution in [2.24, 2.45) is 51.8 Å². The van der Waals surface area contributed by atoms with Crippen molar-refractivity contribution in [2.75, 3.05) is 39.5 Å². The molecule has 20 N–H and O–H groups in total. The first-order valence-electron chi connectivity index (χ1n) is 40.0. The Bertz CT molecular complexity index is 3960. The van der Waals surface area contributed by atoms with E-state index in [4.69, 9.17) is 26.7 Å². The predicted molar refractivity (Wildman–Crippen MR) is 441 cm³/mol. The molecule has 0 aromatic heterocycles. The standard InChI is InChI=1S/C84H126N16O17/c1-49(2)36-65(67(102)42-73(108)93-47-63-29-20-16-25-59(63)41-72(107)92-46-62-28-19-15-24-58(62)40-71(106)91-45-61-27-18-14-23-57(61)39-70(105)90-44-60-26-17-13-22-56(60)38-69(85)104)96-79(111)54(11)94-74(109)43-68(103)66(37-50(3)4)97-81(113)77(52(7)8)99-83(115)78(53(9)10)100-82(114)76(51(5)6)98-75(110)48-117-35-34-116-33-32-88-80(112)64(95-55(12)101)30-21-31-89-84(86)87/h13-20,22-29,49-54,64-68,76-78,102-103H,21,30-48H2,1-12H3,(H2,85,104)(H,88,112)(H,90,105)(H,91,106)(H,92,107)(H,93,108)(H,94,109)(H,95,101)(H,96,111)(H,97,113)(H,98,110)(H,99,115)(H,100,114)(H4,86,87,89)/t54-,64+,65-,66-,67-,68-,76-,77-,78-/m0/s1. The number of carbonyl (C=O) groups excluding carboxylic acids is 13. The number of primary amides is 1. The van der Waals surface area contributed by atoms with Crippen LogP contribution >= 0.6 is 0 Å². The zero-order chi connectivity index (χ0) is 86.8. The number of amides is 13. The van der Waals surface area contributed by atoms with Gasteiger partial charge >= 0.3 is 0 Å². The molecule has 117 heavy (non-hydrogen) atoms. The van der Waals surface area contributed by atoms with Crippen molar-refractivity contribution < 1.29 is 82.0 Å². The van der Waals surface area contributed by atoms with Gasteiger partial charge in [-0.1, -0.05) is 166 Å². The topological polar surface area (TPSA) is 516 Å². The first-order chi connectivity index (χ1) is 55.4. The summed E-state index contributed by atoms with van der Waals surface area (Å²) in [6, 6.07) is 21.4. The summed E-state index contributed by atoms with van der Waals surface area (Å²) in [5.41, 5.74) is 21.8. The van der Waals surface area contributed by atoms with Crippen LogP contribution < -0.4 is 81.0 Å². The Balaban J connectivity index is 1.24. The Morgan fingerprint density at radius 2 is 0.761 bits per heavy atom. The van der Waals surface area contributed by atoms with Crippen LogP contribution in [0.15, 0.2) is 102 Å². The number of aliphatic hydroxyl groups is 2. The van der Waals surface area contributed by atoms with E-state index in [0.717, 1.165) is 27.8 Å². The van der Waals surface area contributed by atoms with E-state index in [1.807, 2.05) is 82.3 Å². The molecule has 9 atom stereocenters. The number of nitrogens with two attached hydrogens (primary N) is 3. The molecule has 0 aliphatic rings. The molecule has 0 fully saturated rings. The highest BCUT2D eigenvalue weighted by atomic mass is 16.5. The average Bonchev–Trinajstić information content (AvgIpc) is 0.850. The monoisotopic (exact) mass is 1630 g/mol. The number of guanidine groups is 1. The highest BCUT2D eigenvalue weighted by Crippen LogP contribution is 2.19. The van der Waals surface area contributed by atoms with E-state index in [1.165, 1.54) is 13.8 Å². The molecule has 33 heteroatoms. The van der Waals surface area contributed by atoms with Crippen LogP contribution in [-0.2, 0) is 124 Å². The smallest absolute Gasteiger partial charge is 0.246 e. The maximum atomic E-state index is 14.2. The number of carbonyl (C=O) groups is 13. The molecule has 0 aliphatic carbocycles. The molecule has 0 saturated heterocycles. The van der Waals surface area contributed by atoms with Crippen molar-refractivity contribution in [3.05, 3.63) is 142 Å². The second-order valence-corrected chi connectivity index (χ2v) is 31.1. The van der Waals surface area contributed by atoms with Crippen LogP contribution in [0.1, 0.15) is 166 Å². The third-order valence-electron chi connectivity index (χ3n) is 18.9.